The number of fused-ring (bicyclic) bond motifs is 1. The first-order chi connectivity index (χ1) is 15.3. The lowest BCUT2D eigenvalue weighted by atomic mass is 9.82. The number of nitro groups is 3. The fraction of sp³-hybridized carbons (Fsp3) is 0.429. The van der Waals surface area contributed by atoms with Crippen LogP contribution in [0.15, 0.2) is 42.5 Å². The van der Waals surface area contributed by atoms with Gasteiger partial charge in [-0.2, -0.15) is 0 Å². The Labute approximate surface area is 183 Å². The zero-order valence-electron chi connectivity index (χ0n) is 17.3. The molecule has 2 aliphatic rings. The number of nitrogens with zero attached hydrogens (tertiary/aromatic N) is 4. The van der Waals surface area contributed by atoms with Crippen LogP contribution in [0.2, 0.25) is 0 Å². The normalized spacial score (nSPS) is 20.4. The highest BCUT2D eigenvalue weighted by Gasteiger charge is 2.31. The zero-order chi connectivity index (χ0) is 23.3. The Bertz CT molecular complexity index is 964. The highest BCUT2D eigenvalue weighted by molar-refractivity contribution is 5.64. The van der Waals surface area contributed by atoms with Crippen molar-refractivity contribution in [3.05, 3.63) is 78.4 Å². The van der Waals surface area contributed by atoms with Crippen LogP contribution in [0.3, 0.4) is 0 Å². The van der Waals surface area contributed by atoms with Crippen molar-refractivity contribution >= 4 is 17.1 Å². The van der Waals surface area contributed by atoms with E-state index in [-0.39, 0.29) is 0 Å². The number of nitro benzene ring substituents is 3. The molecule has 2 atom stereocenters. The van der Waals surface area contributed by atoms with Gasteiger partial charge in [-0.15, -0.1) is 0 Å². The second-order valence-electron chi connectivity index (χ2n) is 7.92. The summed E-state index contributed by atoms with van der Waals surface area (Å²) in [5.74, 6) is -0.388. The first kappa shape index (κ1) is 23.1. The van der Waals surface area contributed by atoms with E-state index in [1.165, 1.54) is 45.2 Å². The SMILES string of the molecule is O=[N+]([O-])c1cc([N+](=O)[O-])c(O)c([N+](=O)[O-])c1.c1ccc(C2CCN3CCCCC3C2)cc1. The molecule has 2 heterocycles. The summed E-state index contributed by atoms with van der Waals surface area (Å²) in [6.45, 7) is 2.68. The Kier molecular flexibility index (Phi) is 7.31. The molecule has 0 aromatic heterocycles. The van der Waals surface area contributed by atoms with Gasteiger partial charge >= 0.3 is 11.4 Å². The number of rotatable bonds is 4. The number of hydrogen-bond donors (Lipinski definition) is 1. The summed E-state index contributed by atoms with van der Waals surface area (Å²) < 4.78 is 0. The molecule has 0 aliphatic carbocycles. The number of non-ortho nitro benzene ring substituents is 1. The first-order valence-electron chi connectivity index (χ1n) is 10.4. The van der Waals surface area contributed by atoms with E-state index < -0.39 is 37.6 Å². The Balaban J connectivity index is 0.000000181. The van der Waals surface area contributed by atoms with Gasteiger partial charge in [0.05, 0.1) is 26.9 Å². The average molecular weight is 444 g/mol. The number of phenolic OH excluding ortho intramolecular Hbond substituents is 1. The van der Waals surface area contributed by atoms with Crippen LogP contribution in [-0.2, 0) is 0 Å². The molecule has 0 spiro atoms. The zero-order valence-corrected chi connectivity index (χ0v) is 17.3. The summed E-state index contributed by atoms with van der Waals surface area (Å²) in [7, 11) is 0. The van der Waals surface area contributed by atoms with Crippen LogP contribution in [0.1, 0.15) is 43.6 Å². The molecule has 2 saturated heterocycles. The molecule has 2 unspecified atom stereocenters. The Hall–Kier alpha value is -3.60. The van der Waals surface area contributed by atoms with Crippen LogP contribution in [-0.4, -0.2) is 43.9 Å². The van der Waals surface area contributed by atoms with Gasteiger partial charge in [0.15, 0.2) is 0 Å². The summed E-state index contributed by atoms with van der Waals surface area (Å²) in [6.07, 6.45) is 7.06. The van der Waals surface area contributed by atoms with Crippen molar-refractivity contribution in [1.82, 2.24) is 4.90 Å². The van der Waals surface area contributed by atoms with Crippen molar-refractivity contribution in [3.63, 3.8) is 0 Å². The third-order valence-electron chi connectivity index (χ3n) is 6.00. The molecule has 0 radical (unpaired) electrons. The molecule has 11 nitrogen and oxygen atoms in total. The predicted octanol–water partition coefficient (Wildman–Crippen LogP) is 4.54. The largest absolute Gasteiger partial charge is 0.497 e. The minimum atomic E-state index is -1.21. The Morgan fingerprint density at radius 2 is 1.47 bits per heavy atom. The summed E-state index contributed by atoms with van der Waals surface area (Å²) in [5, 5.41) is 40.2. The second-order valence-corrected chi connectivity index (χ2v) is 7.92. The molecule has 0 amide bonds. The maximum absolute atomic E-state index is 10.4. The second kappa shape index (κ2) is 10.1. The van der Waals surface area contributed by atoms with Gasteiger partial charge in [0.25, 0.3) is 11.4 Å². The molecular weight excluding hydrogens is 420 g/mol. The number of phenols is 1. The van der Waals surface area contributed by atoms with E-state index in [1.807, 2.05) is 0 Å². The molecule has 11 heteroatoms. The fourth-order valence-corrected chi connectivity index (χ4v) is 4.39. The summed E-state index contributed by atoms with van der Waals surface area (Å²) in [6, 6.07) is 12.9. The maximum atomic E-state index is 10.4. The van der Waals surface area contributed by atoms with Gasteiger partial charge in [-0.05, 0) is 50.3 Å². The van der Waals surface area contributed by atoms with Gasteiger partial charge in [-0.25, -0.2) is 0 Å². The molecule has 170 valence electrons. The molecule has 0 saturated carbocycles. The Morgan fingerprint density at radius 3 is 2.03 bits per heavy atom. The van der Waals surface area contributed by atoms with E-state index in [2.05, 4.69) is 35.2 Å². The molecule has 2 fully saturated rings. The van der Waals surface area contributed by atoms with E-state index in [0.717, 1.165) is 12.0 Å². The van der Waals surface area contributed by atoms with Crippen LogP contribution in [0, 0.1) is 30.3 Å². The number of aromatic hydroxyl groups is 1. The molecule has 2 aromatic rings. The molecule has 32 heavy (non-hydrogen) atoms. The predicted molar refractivity (Wildman–Crippen MR) is 116 cm³/mol. The lowest BCUT2D eigenvalue weighted by molar-refractivity contribution is -0.404. The molecule has 0 bridgehead atoms. The third kappa shape index (κ3) is 5.35. The standard InChI is InChI=1S/C15H21N.C6H3N3O7/c1-2-6-13(7-3-1)14-9-11-16-10-5-4-8-15(16)12-14;10-6-4(8(13)14)1-3(7(11)12)2-5(6)9(15)16/h1-3,6-7,14-15H,4-5,8-12H2;1-2,10H. The van der Waals surface area contributed by atoms with E-state index in [9.17, 15) is 30.3 Å². The van der Waals surface area contributed by atoms with Crippen LogP contribution < -0.4 is 0 Å². The minimum Gasteiger partial charge on any atom is -0.497 e. The van der Waals surface area contributed by atoms with E-state index in [4.69, 9.17) is 5.11 Å². The van der Waals surface area contributed by atoms with Crippen molar-refractivity contribution in [2.24, 2.45) is 0 Å². The van der Waals surface area contributed by atoms with E-state index >= 15 is 0 Å². The quantitative estimate of drug-likeness (QED) is 0.533. The van der Waals surface area contributed by atoms with Crippen molar-refractivity contribution in [1.29, 1.82) is 0 Å². The van der Waals surface area contributed by atoms with Gasteiger partial charge < -0.3 is 10.0 Å². The summed E-state index contributed by atoms with van der Waals surface area (Å²) in [5.41, 5.74) is -1.44. The fourth-order valence-electron chi connectivity index (χ4n) is 4.39. The lowest BCUT2D eigenvalue weighted by Gasteiger charge is -2.42. The maximum Gasteiger partial charge on any atom is 0.324 e. The van der Waals surface area contributed by atoms with Gasteiger partial charge in [0.1, 0.15) is 0 Å². The Morgan fingerprint density at radius 1 is 0.844 bits per heavy atom. The van der Waals surface area contributed by atoms with Crippen LogP contribution >= 0.6 is 0 Å². The van der Waals surface area contributed by atoms with Crippen molar-refractivity contribution in [2.75, 3.05) is 13.1 Å². The molecule has 4 rings (SSSR count). The molecular formula is C21H24N4O7. The molecule has 2 aromatic carbocycles. The number of benzene rings is 2. The lowest BCUT2D eigenvalue weighted by Crippen LogP contribution is -2.44. The minimum absolute atomic E-state index is 0.447. The van der Waals surface area contributed by atoms with Gasteiger partial charge in [-0.3, -0.25) is 30.3 Å². The van der Waals surface area contributed by atoms with Crippen LogP contribution in [0.25, 0.3) is 0 Å². The average Bonchev–Trinajstić information content (AvgIpc) is 2.79. The topological polar surface area (TPSA) is 153 Å². The van der Waals surface area contributed by atoms with E-state index in [0.29, 0.717) is 12.1 Å². The number of hydrogen-bond acceptors (Lipinski definition) is 8. The van der Waals surface area contributed by atoms with Crippen molar-refractivity contribution < 1.29 is 19.9 Å². The summed E-state index contributed by atoms with van der Waals surface area (Å²) in [4.78, 5) is 30.5. The highest BCUT2D eigenvalue weighted by Crippen LogP contribution is 2.39. The smallest absolute Gasteiger partial charge is 0.324 e. The summed E-state index contributed by atoms with van der Waals surface area (Å²) >= 11 is 0. The van der Waals surface area contributed by atoms with Gasteiger partial charge in [-0.1, -0.05) is 36.8 Å². The molecule has 2 aliphatic heterocycles. The monoisotopic (exact) mass is 444 g/mol. The first-order valence-corrected chi connectivity index (χ1v) is 10.4. The van der Waals surface area contributed by atoms with Crippen LogP contribution in [0.5, 0.6) is 5.75 Å². The van der Waals surface area contributed by atoms with Crippen LogP contribution in [0.4, 0.5) is 17.1 Å². The van der Waals surface area contributed by atoms with Gasteiger partial charge in [0.2, 0.25) is 0 Å². The number of piperidine rings is 2. The van der Waals surface area contributed by atoms with Crippen molar-refractivity contribution in [2.45, 2.75) is 44.1 Å². The highest BCUT2D eigenvalue weighted by atomic mass is 16.6. The van der Waals surface area contributed by atoms with E-state index in [1.54, 1.807) is 5.56 Å². The molecule has 1 N–H and O–H groups in total. The van der Waals surface area contributed by atoms with Crippen molar-refractivity contribution in [3.8, 4) is 5.75 Å². The van der Waals surface area contributed by atoms with Gasteiger partial charge in [0, 0.05) is 6.04 Å². The third-order valence-corrected chi connectivity index (χ3v) is 6.00.